The van der Waals surface area contributed by atoms with Crippen molar-refractivity contribution in [2.24, 2.45) is 0 Å². The minimum atomic E-state index is 0.212. The molecule has 0 N–H and O–H groups in total. The number of hydrogen-bond acceptors (Lipinski definition) is 2. The quantitative estimate of drug-likeness (QED) is 0.793. The average Bonchev–Trinajstić information content (AvgIpc) is 3.22. The lowest BCUT2D eigenvalue weighted by atomic mass is 10.1. The van der Waals surface area contributed by atoms with E-state index in [-0.39, 0.29) is 6.10 Å². The summed E-state index contributed by atoms with van der Waals surface area (Å²) in [6.45, 7) is 1.38. The first-order valence-corrected chi connectivity index (χ1v) is 6.70. The van der Waals surface area contributed by atoms with Gasteiger partial charge in [-0.3, -0.25) is 0 Å². The lowest BCUT2D eigenvalue weighted by Crippen LogP contribution is -1.98. The van der Waals surface area contributed by atoms with E-state index in [2.05, 4.69) is 34.1 Å². The van der Waals surface area contributed by atoms with E-state index in [4.69, 9.17) is 9.47 Å². The van der Waals surface area contributed by atoms with E-state index in [0.29, 0.717) is 6.61 Å². The zero-order valence-electron chi connectivity index (χ0n) is 9.80. The van der Waals surface area contributed by atoms with Gasteiger partial charge in [0.15, 0.2) is 0 Å². The Morgan fingerprint density at radius 1 is 1.17 bits per heavy atom. The second kappa shape index (κ2) is 5.12. The Morgan fingerprint density at radius 3 is 2.67 bits per heavy atom. The molecule has 0 unspecified atom stereocenters. The number of ether oxygens (including phenoxy) is 2. The highest BCUT2D eigenvalue weighted by Gasteiger charge is 2.28. The molecular weight excluding hydrogens is 292 g/mol. The van der Waals surface area contributed by atoms with Crippen LogP contribution in [0.2, 0.25) is 0 Å². The van der Waals surface area contributed by atoms with Crippen molar-refractivity contribution in [3.8, 4) is 5.75 Å². The molecule has 1 atom stereocenters. The van der Waals surface area contributed by atoms with E-state index in [1.165, 1.54) is 5.56 Å². The van der Waals surface area contributed by atoms with Gasteiger partial charge in [-0.1, -0.05) is 52.3 Å². The predicted molar refractivity (Wildman–Crippen MR) is 73.6 cm³/mol. The first-order valence-electron chi connectivity index (χ1n) is 5.91. The molecule has 1 heterocycles. The Bertz CT molecular complexity index is 535. The van der Waals surface area contributed by atoms with Gasteiger partial charge >= 0.3 is 0 Å². The van der Waals surface area contributed by atoms with Gasteiger partial charge in [-0.25, -0.2) is 0 Å². The maximum atomic E-state index is 5.90. The normalized spacial score (nSPS) is 17.5. The summed E-state index contributed by atoms with van der Waals surface area (Å²) in [6.07, 6.45) is 0.212. The van der Waals surface area contributed by atoms with Crippen molar-refractivity contribution in [2.75, 3.05) is 6.61 Å². The smallest absolute Gasteiger partial charge is 0.126 e. The summed E-state index contributed by atoms with van der Waals surface area (Å²) in [7, 11) is 0. The Morgan fingerprint density at radius 2 is 1.94 bits per heavy atom. The number of halogens is 1. The minimum Gasteiger partial charge on any atom is -0.488 e. The van der Waals surface area contributed by atoms with Gasteiger partial charge in [-0.15, -0.1) is 0 Å². The topological polar surface area (TPSA) is 21.8 Å². The van der Waals surface area contributed by atoms with Crippen LogP contribution in [-0.2, 0) is 11.3 Å². The molecule has 0 amide bonds. The molecule has 2 nitrogen and oxygen atoms in total. The zero-order chi connectivity index (χ0) is 12.4. The molecule has 92 valence electrons. The van der Waals surface area contributed by atoms with E-state index in [9.17, 15) is 0 Å². The molecule has 3 heteroatoms. The van der Waals surface area contributed by atoms with Crippen molar-refractivity contribution < 1.29 is 9.47 Å². The number of hydrogen-bond donors (Lipinski definition) is 0. The van der Waals surface area contributed by atoms with Crippen molar-refractivity contribution in [3.05, 3.63) is 64.1 Å². The maximum absolute atomic E-state index is 5.90. The van der Waals surface area contributed by atoms with Crippen LogP contribution in [-0.4, -0.2) is 6.61 Å². The Hall–Kier alpha value is -1.32. The average molecular weight is 305 g/mol. The van der Waals surface area contributed by atoms with Crippen LogP contribution >= 0.6 is 15.9 Å². The van der Waals surface area contributed by atoms with Crippen LogP contribution < -0.4 is 4.74 Å². The summed E-state index contributed by atoms with van der Waals surface area (Å²) >= 11 is 3.47. The second-order valence-electron chi connectivity index (χ2n) is 4.28. The third-order valence-electron chi connectivity index (χ3n) is 2.89. The van der Waals surface area contributed by atoms with E-state index in [0.717, 1.165) is 22.4 Å². The monoisotopic (exact) mass is 304 g/mol. The third kappa shape index (κ3) is 2.74. The molecule has 18 heavy (non-hydrogen) atoms. The van der Waals surface area contributed by atoms with Crippen molar-refractivity contribution >= 4 is 15.9 Å². The molecule has 1 aliphatic heterocycles. The molecule has 3 rings (SSSR count). The molecule has 2 aromatic carbocycles. The molecule has 0 radical (unpaired) electrons. The SMILES string of the molecule is Brc1ccc([C@@H]2CO2)c(OCc2ccccc2)c1. The van der Waals surface area contributed by atoms with Crippen LogP contribution in [0.4, 0.5) is 0 Å². The van der Waals surface area contributed by atoms with Crippen LogP contribution in [0, 0.1) is 0 Å². The Kier molecular flexibility index (Phi) is 3.35. The Balaban J connectivity index is 1.77. The van der Waals surface area contributed by atoms with Crippen LogP contribution in [0.5, 0.6) is 5.75 Å². The first-order chi connectivity index (χ1) is 8.83. The number of epoxide rings is 1. The summed E-state index contributed by atoms with van der Waals surface area (Å²) in [5.74, 6) is 0.899. The van der Waals surface area contributed by atoms with Gasteiger partial charge in [-0.05, 0) is 17.7 Å². The van der Waals surface area contributed by atoms with E-state index < -0.39 is 0 Å². The lowest BCUT2D eigenvalue weighted by molar-refractivity contribution is 0.298. The van der Waals surface area contributed by atoms with Gasteiger partial charge in [-0.2, -0.15) is 0 Å². The van der Waals surface area contributed by atoms with Crippen LogP contribution in [0.3, 0.4) is 0 Å². The molecule has 1 aliphatic rings. The highest BCUT2D eigenvalue weighted by Crippen LogP contribution is 2.37. The zero-order valence-corrected chi connectivity index (χ0v) is 11.4. The molecular formula is C15H13BrO2. The molecule has 0 spiro atoms. The minimum absolute atomic E-state index is 0.212. The first kappa shape index (κ1) is 11.8. The molecule has 2 aromatic rings. The van der Waals surface area contributed by atoms with Gasteiger partial charge in [0, 0.05) is 10.0 Å². The van der Waals surface area contributed by atoms with E-state index in [1.54, 1.807) is 0 Å². The molecule has 1 saturated heterocycles. The highest BCUT2D eigenvalue weighted by molar-refractivity contribution is 9.10. The fraction of sp³-hybridized carbons (Fsp3) is 0.200. The second-order valence-corrected chi connectivity index (χ2v) is 5.19. The molecule has 0 aliphatic carbocycles. The summed E-state index contributed by atoms with van der Waals surface area (Å²) in [5.41, 5.74) is 2.30. The van der Waals surface area contributed by atoms with Gasteiger partial charge < -0.3 is 9.47 Å². The standard InChI is InChI=1S/C15H13BrO2/c16-12-6-7-13(15-10-18-15)14(8-12)17-9-11-4-2-1-3-5-11/h1-8,15H,9-10H2/t15-/m0/s1. The van der Waals surface area contributed by atoms with Crippen LogP contribution in [0.25, 0.3) is 0 Å². The van der Waals surface area contributed by atoms with Crippen molar-refractivity contribution in [1.29, 1.82) is 0 Å². The predicted octanol–water partition coefficient (Wildman–Crippen LogP) is 4.10. The third-order valence-corrected chi connectivity index (χ3v) is 3.39. The van der Waals surface area contributed by atoms with E-state index in [1.807, 2.05) is 30.3 Å². The lowest BCUT2D eigenvalue weighted by Gasteiger charge is -2.10. The maximum Gasteiger partial charge on any atom is 0.126 e. The number of benzene rings is 2. The fourth-order valence-corrected chi connectivity index (χ4v) is 2.20. The van der Waals surface area contributed by atoms with Crippen LogP contribution in [0.15, 0.2) is 53.0 Å². The van der Waals surface area contributed by atoms with Crippen molar-refractivity contribution in [2.45, 2.75) is 12.7 Å². The summed E-state index contributed by atoms with van der Waals surface area (Å²) in [6, 6.07) is 16.2. The van der Waals surface area contributed by atoms with Crippen molar-refractivity contribution in [1.82, 2.24) is 0 Å². The summed E-state index contributed by atoms with van der Waals surface area (Å²) < 4.78 is 12.3. The van der Waals surface area contributed by atoms with E-state index >= 15 is 0 Å². The fourth-order valence-electron chi connectivity index (χ4n) is 1.86. The number of rotatable bonds is 4. The molecule has 1 fully saturated rings. The summed E-state index contributed by atoms with van der Waals surface area (Å²) in [4.78, 5) is 0. The van der Waals surface area contributed by atoms with Crippen LogP contribution in [0.1, 0.15) is 17.2 Å². The molecule has 0 bridgehead atoms. The van der Waals surface area contributed by atoms with Gasteiger partial charge in [0.2, 0.25) is 0 Å². The van der Waals surface area contributed by atoms with Gasteiger partial charge in [0.05, 0.1) is 6.61 Å². The summed E-state index contributed by atoms with van der Waals surface area (Å²) in [5, 5.41) is 0. The van der Waals surface area contributed by atoms with Gasteiger partial charge in [0.1, 0.15) is 18.5 Å². The Labute approximate surface area is 115 Å². The van der Waals surface area contributed by atoms with Gasteiger partial charge in [0.25, 0.3) is 0 Å². The largest absolute Gasteiger partial charge is 0.488 e. The molecule has 0 aromatic heterocycles. The molecule has 0 saturated carbocycles. The van der Waals surface area contributed by atoms with Crippen molar-refractivity contribution in [3.63, 3.8) is 0 Å². The highest BCUT2D eigenvalue weighted by atomic mass is 79.9.